The summed E-state index contributed by atoms with van der Waals surface area (Å²) in [7, 11) is 0. The first-order valence-corrected chi connectivity index (χ1v) is 6.11. The fourth-order valence-electron chi connectivity index (χ4n) is 1.66. The molecule has 0 aliphatic rings. The minimum atomic E-state index is 0.0800. The molecular formula is C12H11NOS2. The van der Waals surface area contributed by atoms with Crippen molar-refractivity contribution in [2.45, 2.75) is 18.1 Å². The van der Waals surface area contributed by atoms with Gasteiger partial charge >= 0.3 is 0 Å². The van der Waals surface area contributed by atoms with E-state index >= 15 is 0 Å². The Morgan fingerprint density at radius 3 is 2.44 bits per heavy atom. The standard InChI is InChI=1S/C12H11NOS2/c1-8-10(13-6-4-3-5-7-13)12(15)16-11(8)9(2)14/h3-7H,1-2H3. The second-order valence-corrected chi connectivity index (χ2v) is 5.22. The number of hydrogen-bond donors (Lipinski definition) is 0. The second kappa shape index (κ2) is 4.31. The van der Waals surface area contributed by atoms with Gasteiger partial charge in [0.2, 0.25) is 5.69 Å². The van der Waals surface area contributed by atoms with Gasteiger partial charge in [0.25, 0.3) is 0 Å². The highest BCUT2D eigenvalue weighted by Gasteiger charge is 2.16. The van der Waals surface area contributed by atoms with Gasteiger partial charge in [0.1, 0.15) is 0 Å². The number of carbonyl (C=O) groups excluding carboxylic acids is 1. The molecule has 0 unspecified atom stereocenters. The molecule has 0 fully saturated rings. The van der Waals surface area contributed by atoms with E-state index in [1.165, 1.54) is 11.3 Å². The molecule has 0 atom stereocenters. The van der Waals surface area contributed by atoms with E-state index in [4.69, 9.17) is 12.6 Å². The van der Waals surface area contributed by atoms with Crippen molar-refractivity contribution in [3.8, 4) is 5.69 Å². The summed E-state index contributed by atoms with van der Waals surface area (Å²) in [5, 5.41) is 0. The summed E-state index contributed by atoms with van der Waals surface area (Å²) in [5.41, 5.74) is 1.92. The third kappa shape index (κ3) is 1.86. The number of thiophene rings is 1. The van der Waals surface area contributed by atoms with Crippen molar-refractivity contribution in [1.29, 1.82) is 0 Å². The summed E-state index contributed by atoms with van der Waals surface area (Å²) >= 11 is 6.70. The summed E-state index contributed by atoms with van der Waals surface area (Å²) < 4.78 is 2.72. The van der Waals surface area contributed by atoms with Gasteiger partial charge in [0.05, 0.1) is 0 Å². The molecule has 0 N–H and O–H groups in total. The highest BCUT2D eigenvalue weighted by molar-refractivity contribution is 7.63. The van der Waals surface area contributed by atoms with Gasteiger partial charge in [-0.25, -0.2) is 0 Å². The van der Waals surface area contributed by atoms with Gasteiger partial charge in [-0.3, -0.25) is 4.79 Å². The average Bonchev–Trinajstić information content (AvgIpc) is 2.56. The highest BCUT2D eigenvalue weighted by atomic mass is 32.2. The molecule has 0 radical (unpaired) electrons. The molecule has 16 heavy (non-hydrogen) atoms. The molecule has 2 aromatic heterocycles. The van der Waals surface area contributed by atoms with Crippen LogP contribution in [0.3, 0.4) is 0 Å². The molecular weight excluding hydrogens is 238 g/mol. The van der Waals surface area contributed by atoms with Gasteiger partial charge in [-0.05, 0) is 22.9 Å². The van der Waals surface area contributed by atoms with Crippen molar-refractivity contribution < 1.29 is 9.36 Å². The van der Waals surface area contributed by atoms with Gasteiger partial charge in [-0.2, -0.15) is 4.57 Å². The maximum Gasteiger partial charge on any atom is 0.201 e. The lowest BCUT2D eigenvalue weighted by atomic mass is 10.2. The van der Waals surface area contributed by atoms with Crippen molar-refractivity contribution in [2.24, 2.45) is 0 Å². The first kappa shape index (κ1) is 11.2. The van der Waals surface area contributed by atoms with Crippen molar-refractivity contribution in [2.75, 3.05) is 0 Å². The molecule has 0 aliphatic heterocycles. The van der Waals surface area contributed by atoms with Crippen LogP contribution in [0.1, 0.15) is 22.2 Å². The summed E-state index contributed by atoms with van der Waals surface area (Å²) in [5.74, 6) is 0.0800. The Balaban J connectivity index is 2.63. The van der Waals surface area contributed by atoms with Crippen LogP contribution in [0, 0.1) is 6.92 Å². The maximum atomic E-state index is 11.4. The molecule has 0 bridgehead atoms. The predicted octanol–water partition coefficient (Wildman–Crippen LogP) is 2.44. The van der Waals surface area contributed by atoms with Crippen molar-refractivity contribution in [3.63, 3.8) is 0 Å². The quantitative estimate of drug-likeness (QED) is 0.463. The molecule has 0 saturated heterocycles. The average molecular weight is 249 g/mol. The molecule has 0 amide bonds. The number of rotatable bonds is 2. The van der Waals surface area contributed by atoms with Crippen molar-refractivity contribution in [3.05, 3.63) is 41.0 Å². The summed E-state index contributed by atoms with van der Waals surface area (Å²) in [6.45, 7) is 3.52. The third-order valence-electron chi connectivity index (χ3n) is 2.38. The topological polar surface area (TPSA) is 20.9 Å². The zero-order chi connectivity index (χ0) is 11.7. The number of carbonyl (C=O) groups is 1. The van der Waals surface area contributed by atoms with E-state index in [9.17, 15) is 4.79 Å². The van der Waals surface area contributed by atoms with Gasteiger partial charge < -0.3 is 24.0 Å². The molecule has 2 rings (SSSR count). The van der Waals surface area contributed by atoms with Crippen LogP contribution >= 0.6 is 11.3 Å². The molecule has 4 heteroatoms. The van der Waals surface area contributed by atoms with E-state index in [2.05, 4.69) is 0 Å². The zero-order valence-electron chi connectivity index (χ0n) is 9.06. The predicted molar refractivity (Wildman–Crippen MR) is 66.2 cm³/mol. The van der Waals surface area contributed by atoms with Gasteiger partial charge in [0, 0.05) is 17.7 Å². The van der Waals surface area contributed by atoms with E-state index in [-0.39, 0.29) is 5.78 Å². The smallest absolute Gasteiger partial charge is 0.201 e. The molecule has 2 aromatic rings. The van der Waals surface area contributed by atoms with E-state index in [1.54, 1.807) is 6.92 Å². The Hall–Kier alpha value is -1.26. The fraction of sp³-hybridized carbons (Fsp3) is 0.167. The Morgan fingerprint density at radius 1 is 1.31 bits per heavy atom. The number of nitrogens with zero attached hydrogens (tertiary/aromatic N) is 1. The van der Waals surface area contributed by atoms with E-state index in [1.807, 2.05) is 42.1 Å². The van der Waals surface area contributed by atoms with Gasteiger partial charge in [-0.1, -0.05) is 6.07 Å². The Labute approximate surface area is 104 Å². The maximum absolute atomic E-state index is 11.4. The molecule has 2 nitrogen and oxygen atoms in total. The summed E-state index contributed by atoms with van der Waals surface area (Å²) in [6.07, 6.45) is 3.88. The number of Topliss-reactive ketones (excluding diaryl/α,β-unsaturated/α-hetero) is 1. The largest absolute Gasteiger partial charge is 0.422 e. The van der Waals surface area contributed by atoms with E-state index < -0.39 is 0 Å². The van der Waals surface area contributed by atoms with E-state index in [0.717, 1.165) is 20.3 Å². The normalized spacial score (nSPS) is 10.4. The van der Waals surface area contributed by atoms with Crippen LogP contribution in [0.2, 0.25) is 0 Å². The van der Waals surface area contributed by atoms with Crippen LogP contribution in [0.5, 0.6) is 0 Å². The molecule has 0 spiro atoms. The number of ketones is 1. The minimum absolute atomic E-state index is 0.0800. The lowest BCUT2D eigenvalue weighted by Crippen LogP contribution is -2.30. The molecule has 0 aromatic carbocycles. The van der Waals surface area contributed by atoms with E-state index in [0.29, 0.717) is 0 Å². The Kier molecular flexibility index (Phi) is 3.03. The SMILES string of the molecule is CC(=O)c1sc([S-])c(-[n+]2ccccc2)c1C. The van der Waals surface area contributed by atoms with Crippen molar-refractivity contribution >= 4 is 29.7 Å². The Morgan fingerprint density at radius 2 is 1.94 bits per heavy atom. The second-order valence-electron chi connectivity index (χ2n) is 3.53. The van der Waals surface area contributed by atoms with Crippen molar-refractivity contribution in [1.82, 2.24) is 0 Å². The number of aromatic nitrogens is 1. The lowest BCUT2D eigenvalue weighted by molar-refractivity contribution is -0.598. The minimum Gasteiger partial charge on any atom is -0.422 e. The molecule has 0 aliphatic carbocycles. The number of hydrogen-bond acceptors (Lipinski definition) is 3. The third-order valence-corrected chi connectivity index (χ3v) is 4.00. The van der Waals surface area contributed by atoms with Crippen LogP contribution in [0.15, 0.2) is 34.8 Å². The monoisotopic (exact) mass is 249 g/mol. The number of pyridine rings is 1. The lowest BCUT2D eigenvalue weighted by Gasteiger charge is -1.99. The molecule has 2 heterocycles. The van der Waals surface area contributed by atoms with Crippen LogP contribution in [-0.2, 0) is 12.6 Å². The molecule has 82 valence electrons. The van der Waals surface area contributed by atoms with Crippen LogP contribution in [0.25, 0.3) is 5.69 Å². The van der Waals surface area contributed by atoms with Crippen LogP contribution < -0.4 is 4.57 Å². The first-order valence-electron chi connectivity index (χ1n) is 4.89. The Bertz CT molecular complexity index is 531. The summed E-state index contributed by atoms with van der Waals surface area (Å²) in [4.78, 5) is 12.2. The van der Waals surface area contributed by atoms with Crippen LogP contribution in [-0.4, -0.2) is 5.78 Å². The first-order chi connectivity index (χ1) is 7.61. The van der Waals surface area contributed by atoms with Gasteiger partial charge in [-0.15, -0.1) is 0 Å². The zero-order valence-corrected chi connectivity index (χ0v) is 10.7. The van der Waals surface area contributed by atoms with Crippen LogP contribution in [0.4, 0.5) is 0 Å². The highest BCUT2D eigenvalue weighted by Crippen LogP contribution is 2.28. The summed E-state index contributed by atoms with van der Waals surface area (Å²) in [6, 6.07) is 5.84. The molecule has 0 saturated carbocycles. The van der Waals surface area contributed by atoms with Gasteiger partial charge in [0.15, 0.2) is 18.2 Å². The fourth-order valence-corrected chi connectivity index (χ4v) is 3.10.